The molecule has 19 heavy (non-hydrogen) atoms. The van der Waals surface area contributed by atoms with Crippen LogP contribution in [0, 0.1) is 0 Å². The highest BCUT2D eigenvalue weighted by Gasteiger charge is 2.42. The first-order valence-corrected chi connectivity index (χ1v) is 6.00. The second kappa shape index (κ2) is 5.76. The summed E-state index contributed by atoms with van der Waals surface area (Å²) in [6.07, 6.45) is 0. The van der Waals surface area contributed by atoms with Crippen LogP contribution in [0.4, 0.5) is 0 Å². The van der Waals surface area contributed by atoms with Crippen molar-refractivity contribution in [2.75, 3.05) is 0 Å². The topological polar surface area (TPSA) is 35.5 Å². The van der Waals surface area contributed by atoms with E-state index in [-0.39, 0.29) is 0 Å². The van der Waals surface area contributed by atoms with Crippen molar-refractivity contribution in [2.45, 2.75) is 5.60 Å². The normalized spacial score (nSPS) is 10.9. The average molecular weight is 252 g/mol. The molecule has 0 saturated carbocycles. The molecule has 2 aromatic rings. The van der Waals surface area contributed by atoms with E-state index in [0.717, 1.165) is 11.1 Å². The molecule has 5 heteroatoms. The van der Waals surface area contributed by atoms with Gasteiger partial charge in [0.15, 0.2) is 0 Å². The van der Waals surface area contributed by atoms with E-state index in [1.54, 1.807) is 0 Å². The van der Waals surface area contributed by atoms with Crippen LogP contribution in [-0.4, -0.2) is 22.1 Å². The van der Waals surface area contributed by atoms with Gasteiger partial charge in [0.1, 0.15) is 0 Å². The highest BCUT2D eigenvalue weighted by Crippen LogP contribution is 2.34. The van der Waals surface area contributed by atoms with Crippen LogP contribution in [0.2, 0.25) is 0 Å². The molecule has 0 bridgehead atoms. The molecular weight excluding hydrogens is 238 g/mol. The molecule has 2 rings (SSSR count). The molecule has 0 atom stereocenters. The molecule has 0 aromatic heterocycles. The molecule has 0 aliphatic rings. The maximum absolute atomic E-state index is 12.3. The molecule has 3 nitrogen and oxygen atoms in total. The van der Waals surface area contributed by atoms with Crippen LogP contribution in [0.5, 0.6) is 0 Å². The molecule has 0 saturated heterocycles. The van der Waals surface area contributed by atoms with Gasteiger partial charge in [-0.05, 0) is 11.1 Å². The van der Waals surface area contributed by atoms with Gasteiger partial charge in [-0.15, -0.1) is 0 Å². The summed E-state index contributed by atoms with van der Waals surface area (Å²) in [7, 11) is 2.87. The summed E-state index contributed by atoms with van der Waals surface area (Å²) in [6, 6.07) is 18.7. The molecular formula is C14H14B2O3. The van der Waals surface area contributed by atoms with E-state index in [2.05, 4.69) is 0 Å². The van der Waals surface area contributed by atoms with E-state index < -0.39 is 11.6 Å². The fourth-order valence-corrected chi connectivity index (χ4v) is 2.21. The number of benzene rings is 2. The summed E-state index contributed by atoms with van der Waals surface area (Å²) in [5.41, 5.74) is 0.267. The van der Waals surface area contributed by atoms with Crippen molar-refractivity contribution in [2.24, 2.45) is 0 Å². The quantitative estimate of drug-likeness (QED) is 0.747. The zero-order chi connectivity index (χ0) is 13.7. The lowest BCUT2D eigenvalue weighted by Crippen LogP contribution is -2.40. The second-order valence-electron chi connectivity index (χ2n) is 4.11. The Bertz CT molecular complexity index is 504. The van der Waals surface area contributed by atoms with Crippen LogP contribution in [0.3, 0.4) is 0 Å². The lowest BCUT2D eigenvalue weighted by atomic mass is 9.85. The van der Waals surface area contributed by atoms with Crippen molar-refractivity contribution in [1.29, 1.82) is 0 Å². The Kier molecular flexibility index (Phi) is 4.07. The largest absolute Gasteiger partial charge is 0.541 e. The third kappa shape index (κ3) is 2.29. The van der Waals surface area contributed by atoms with Gasteiger partial charge in [0.2, 0.25) is 5.60 Å². The van der Waals surface area contributed by atoms with Crippen LogP contribution in [0.15, 0.2) is 60.7 Å². The van der Waals surface area contributed by atoms with Gasteiger partial charge in [-0.3, -0.25) is 0 Å². The summed E-state index contributed by atoms with van der Waals surface area (Å²) in [5, 5.41) is 0. The van der Waals surface area contributed by atoms with Gasteiger partial charge < -0.3 is 9.31 Å². The van der Waals surface area contributed by atoms with E-state index in [1.165, 1.54) is 16.1 Å². The van der Waals surface area contributed by atoms with Gasteiger partial charge in [-0.2, -0.15) is 0 Å². The van der Waals surface area contributed by atoms with Crippen molar-refractivity contribution < 1.29 is 14.1 Å². The van der Waals surface area contributed by atoms with Crippen LogP contribution in [0.1, 0.15) is 11.1 Å². The molecule has 0 aliphatic heterocycles. The van der Waals surface area contributed by atoms with Gasteiger partial charge >= 0.3 is 14.0 Å². The van der Waals surface area contributed by atoms with E-state index in [0.29, 0.717) is 0 Å². The first kappa shape index (κ1) is 13.4. The van der Waals surface area contributed by atoms with Gasteiger partial charge in [0, 0.05) is 0 Å². The first-order valence-electron chi connectivity index (χ1n) is 6.00. The fraction of sp³-hybridized carbons (Fsp3) is 0.0714. The summed E-state index contributed by atoms with van der Waals surface area (Å²) in [6.45, 7) is 0. The minimum absolute atomic E-state index is 0.438. The zero-order valence-electron chi connectivity index (χ0n) is 11.0. The average Bonchev–Trinajstić information content (AvgIpc) is 2.50. The van der Waals surface area contributed by atoms with Crippen LogP contribution in [0.25, 0.3) is 0 Å². The third-order valence-corrected chi connectivity index (χ3v) is 3.14. The molecule has 0 aliphatic carbocycles. The maximum Gasteiger partial charge on any atom is 0.328 e. The summed E-state index contributed by atoms with van der Waals surface area (Å²) in [5.74, 6) is -0.438. The Morgan fingerprint density at radius 3 is 1.58 bits per heavy atom. The van der Waals surface area contributed by atoms with Gasteiger partial charge in [0.05, 0.1) is 0 Å². The Balaban J connectivity index is 2.66. The number of carbonyl (C=O) groups excluding carboxylic acids is 1. The van der Waals surface area contributed by atoms with E-state index in [4.69, 9.17) is 9.31 Å². The lowest BCUT2D eigenvalue weighted by molar-refractivity contribution is -0.148. The molecule has 0 spiro atoms. The molecule has 0 fully saturated rings. The molecule has 0 radical (unpaired) electrons. The standard InChI is InChI=1S/C14H14B2O3/c15-18-13(17)14(19-16,11-7-3-1-4-8-11)12-9-5-2-6-10-12/h1-10H,15-16H2. The van der Waals surface area contributed by atoms with Crippen molar-refractivity contribution in [3.05, 3.63) is 71.8 Å². The summed E-state index contributed by atoms with van der Waals surface area (Å²) in [4.78, 5) is 12.3. The zero-order valence-corrected chi connectivity index (χ0v) is 11.0. The Morgan fingerprint density at radius 1 is 0.842 bits per heavy atom. The van der Waals surface area contributed by atoms with Crippen molar-refractivity contribution in [3.8, 4) is 0 Å². The molecule has 0 heterocycles. The number of rotatable bonds is 4. The number of carbonyl (C=O) groups is 1. The fourth-order valence-electron chi connectivity index (χ4n) is 2.21. The first-order chi connectivity index (χ1) is 9.25. The number of hydrogen-bond donors (Lipinski definition) is 0. The predicted octanol–water partition coefficient (Wildman–Crippen LogP) is 0.586. The maximum atomic E-state index is 12.3. The summed E-state index contributed by atoms with van der Waals surface area (Å²) >= 11 is 0. The molecule has 0 amide bonds. The smallest absolute Gasteiger partial charge is 0.328 e. The van der Waals surface area contributed by atoms with E-state index >= 15 is 0 Å². The summed E-state index contributed by atoms with van der Waals surface area (Å²) < 4.78 is 10.5. The third-order valence-electron chi connectivity index (χ3n) is 3.14. The van der Waals surface area contributed by atoms with Gasteiger partial charge in [-0.25, -0.2) is 4.79 Å². The highest BCUT2D eigenvalue weighted by atomic mass is 16.5. The Morgan fingerprint density at radius 2 is 1.26 bits per heavy atom. The van der Waals surface area contributed by atoms with Crippen LogP contribution in [-0.2, 0) is 19.7 Å². The monoisotopic (exact) mass is 252 g/mol. The molecule has 2 aromatic carbocycles. The Hall–Kier alpha value is -2.00. The molecule has 94 valence electrons. The van der Waals surface area contributed by atoms with Crippen LogP contribution < -0.4 is 0 Å². The van der Waals surface area contributed by atoms with Crippen LogP contribution >= 0.6 is 0 Å². The molecule has 0 unspecified atom stereocenters. The molecule has 0 N–H and O–H groups in total. The highest BCUT2D eigenvalue weighted by molar-refractivity contribution is 6.09. The van der Waals surface area contributed by atoms with Crippen molar-refractivity contribution >= 4 is 22.1 Å². The van der Waals surface area contributed by atoms with Crippen molar-refractivity contribution in [1.82, 2.24) is 0 Å². The lowest BCUT2D eigenvalue weighted by Gasteiger charge is -2.31. The van der Waals surface area contributed by atoms with E-state index in [9.17, 15) is 4.79 Å². The number of hydrogen-bond acceptors (Lipinski definition) is 3. The van der Waals surface area contributed by atoms with Gasteiger partial charge in [-0.1, -0.05) is 60.7 Å². The van der Waals surface area contributed by atoms with Crippen molar-refractivity contribution in [3.63, 3.8) is 0 Å². The second-order valence-corrected chi connectivity index (χ2v) is 4.11. The van der Waals surface area contributed by atoms with Gasteiger partial charge in [0.25, 0.3) is 8.05 Å². The van der Waals surface area contributed by atoms with E-state index in [1.807, 2.05) is 60.7 Å². The minimum Gasteiger partial charge on any atom is -0.541 e. The minimum atomic E-state index is -1.22. The SMILES string of the molecule is BOC(=O)C(OB)(c1ccccc1)c1ccccc1. The Labute approximate surface area is 114 Å². The predicted molar refractivity (Wildman–Crippen MR) is 77.9 cm³/mol.